The van der Waals surface area contributed by atoms with Crippen molar-refractivity contribution < 1.29 is 22.5 Å². The number of benzene rings is 2. The fraction of sp³-hybridized carbons (Fsp3) is 0.346. The lowest BCUT2D eigenvalue weighted by Gasteiger charge is -2.43. The molecule has 7 rings (SSSR count). The van der Waals surface area contributed by atoms with Crippen LogP contribution >= 0.6 is 11.3 Å². The zero-order valence-electron chi connectivity index (χ0n) is 20.5. The first-order valence-corrected chi connectivity index (χ1v) is 14.4. The van der Waals surface area contributed by atoms with E-state index in [4.69, 9.17) is 9.29 Å². The molecule has 0 saturated carbocycles. The summed E-state index contributed by atoms with van der Waals surface area (Å²) in [6, 6.07) is 11.9. The molecule has 9 nitrogen and oxygen atoms in total. The lowest BCUT2D eigenvalue weighted by Crippen LogP contribution is -2.51. The molecule has 37 heavy (non-hydrogen) atoms. The summed E-state index contributed by atoms with van der Waals surface area (Å²) < 4.78 is 35.4. The van der Waals surface area contributed by atoms with Crippen molar-refractivity contribution in [1.29, 1.82) is 0 Å². The molecule has 5 heterocycles. The molecule has 0 amide bonds. The third-order valence-corrected chi connectivity index (χ3v) is 8.67. The predicted molar refractivity (Wildman–Crippen MR) is 141 cm³/mol. The van der Waals surface area contributed by atoms with Gasteiger partial charge in [-0.15, -0.1) is 11.3 Å². The van der Waals surface area contributed by atoms with Crippen LogP contribution in [0.1, 0.15) is 34.6 Å². The average Bonchev–Trinajstić information content (AvgIpc) is 3.51. The number of thiazole rings is 1. The smallest absolute Gasteiger partial charge is 0.359 e. The molecule has 1 atom stereocenters. The number of piperidine rings is 3. The van der Waals surface area contributed by atoms with E-state index in [-0.39, 0.29) is 17.0 Å². The molecule has 2 bridgehead atoms. The van der Waals surface area contributed by atoms with Crippen molar-refractivity contribution >= 4 is 38.3 Å². The van der Waals surface area contributed by atoms with Crippen molar-refractivity contribution in [1.82, 2.24) is 20.1 Å². The maximum absolute atomic E-state index is 12.8. The normalized spacial score (nSPS) is 20.9. The van der Waals surface area contributed by atoms with Crippen molar-refractivity contribution in [3.8, 4) is 10.6 Å². The molecule has 3 saturated heterocycles. The molecule has 11 heteroatoms. The topological polar surface area (TPSA) is 125 Å². The van der Waals surface area contributed by atoms with E-state index in [2.05, 4.69) is 20.1 Å². The van der Waals surface area contributed by atoms with Gasteiger partial charge in [-0.25, -0.2) is 9.78 Å². The Morgan fingerprint density at radius 2 is 1.86 bits per heavy atom. The van der Waals surface area contributed by atoms with Crippen LogP contribution < -0.4 is 0 Å². The minimum atomic E-state index is -4.02. The van der Waals surface area contributed by atoms with E-state index in [1.807, 2.05) is 37.4 Å². The van der Waals surface area contributed by atoms with Gasteiger partial charge in [-0.1, -0.05) is 17.7 Å². The molecular weight excluding hydrogens is 512 g/mol. The number of H-pyrrole nitrogens is 1. The number of fused-ring (bicyclic) bond motifs is 4. The first-order chi connectivity index (χ1) is 17.7. The Hall–Kier alpha value is -3.12. The highest BCUT2D eigenvalue weighted by Gasteiger charge is 2.37. The van der Waals surface area contributed by atoms with Crippen LogP contribution in [-0.2, 0) is 14.9 Å². The van der Waals surface area contributed by atoms with Crippen LogP contribution in [0.3, 0.4) is 0 Å². The van der Waals surface area contributed by atoms with Crippen molar-refractivity contribution in [2.24, 2.45) is 5.92 Å². The highest BCUT2D eigenvalue weighted by atomic mass is 32.2. The van der Waals surface area contributed by atoms with Crippen molar-refractivity contribution in [2.75, 3.05) is 19.6 Å². The Balaban J connectivity index is 0.000000215. The largest absolute Gasteiger partial charge is 0.456 e. The third-order valence-electron chi connectivity index (χ3n) is 6.80. The highest BCUT2D eigenvalue weighted by Crippen LogP contribution is 2.31. The summed E-state index contributed by atoms with van der Waals surface area (Å²) >= 11 is 1.60. The van der Waals surface area contributed by atoms with Gasteiger partial charge in [0.15, 0.2) is 5.69 Å². The minimum Gasteiger partial charge on any atom is -0.456 e. The van der Waals surface area contributed by atoms with Crippen LogP contribution in [-0.4, -0.2) is 64.8 Å². The molecule has 2 N–H and O–H groups in total. The van der Waals surface area contributed by atoms with E-state index in [0.29, 0.717) is 11.6 Å². The van der Waals surface area contributed by atoms with Crippen LogP contribution in [0.5, 0.6) is 0 Å². The second-order valence-electron chi connectivity index (χ2n) is 9.50. The van der Waals surface area contributed by atoms with E-state index >= 15 is 0 Å². The van der Waals surface area contributed by atoms with E-state index < -0.39 is 10.1 Å². The quantitative estimate of drug-likeness (QED) is 0.287. The number of carbonyl (C=O) groups excluding carboxylic acids is 1. The first kappa shape index (κ1) is 25.5. The summed E-state index contributed by atoms with van der Waals surface area (Å²) in [4.78, 5) is 19.6. The van der Waals surface area contributed by atoms with E-state index in [1.54, 1.807) is 23.5 Å². The molecule has 3 aliphatic heterocycles. The number of nitrogens with one attached hydrogen (secondary N) is 1. The van der Waals surface area contributed by atoms with Crippen LogP contribution in [0.15, 0.2) is 52.7 Å². The van der Waals surface area contributed by atoms with Crippen LogP contribution in [0.25, 0.3) is 21.5 Å². The average molecular weight is 541 g/mol. The number of hydrogen-bond acceptors (Lipinski definition) is 8. The Bertz CT molecular complexity index is 1520. The van der Waals surface area contributed by atoms with Gasteiger partial charge in [0.1, 0.15) is 11.1 Å². The Kier molecular flexibility index (Phi) is 7.13. The summed E-state index contributed by atoms with van der Waals surface area (Å²) in [6.07, 6.45) is 2.22. The summed E-state index contributed by atoms with van der Waals surface area (Å²) in [5, 5.41) is 10.9. The number of aromatic amines is 1. The number of aryl methyl sites for hydroxylation is 2. The van der Waals surface area contributed by atoms with Gasteiger partial charge in [-0.2, -0.15) is 13.5 Å². The Morgan fingerprint density at radius 3 is 2.46 bits per heavy atom. The maximum atomic E-state index is 12.8. The fourth-order valence-electron chi connectivity index (χ4n) is 4.74. The van der Waals surface area contributed by atoms with Gasteiger partial charge in [0, 0.05) is 28.6 Å². The molecular formula is C26H28N4O5S2. The van der Waals surface area contributed by atoms with Gasteiger partial charge < -0.3 is 4.74 Å². The molecule has 2 aromatic carbocycles. The van der Waals surface area contributed by atoms with E-state index in [0.717, 1.165) is 65.2 Å². The fourth-order valence-corrected chi connectivity index (χ4v) is 6.01. The monoisotopic (exact) mass is 540 g/mol. The summed E-state index contributed by atoms with van der Waals surface area (Å²) in [6.45, 7) is 6.92. The molecule has 4 aromatic rings. The van der Waals surface area contributed by atoms with Gasteiger partial charge in [0.05, 0.1) is 10.4 Å². The summed E-state index contributed by atoms with van der Waals surface area (Å²) in [5.41, 5.74) is 4.15. The molecule has 0 spiro atoms. The number of esters is 1. The van der Waals surface area contributed by atoms with Crippen LogP contribution in [0.2, 0.25) is 0 Å². The molecule has 0 radical (unpaired) electrons. The van der Waals surface area contributed by atoms with Gasteiger partial charge in [0.2, 0.25) is 0 Å². The highest BCUT2D eigenvalue weighted by molar-refractivity contribution is 7.85. The number of rotatable bonds is 4. The number of ether oxygens (including phenoxy) is 1. The predicted octanol–water partition coefficient (Wildman–Crippen LogP) is 4.49. The van der Waals surface area contributed by atoms with E-state index in [9.17, 15) is 13.2 Å². The molecule has 3 aliphatic rings. The summed E-state index contributed by atoms with van der Waals surface area (Å²) in [5.74, 6) is 0.158. The van der Waals surface area contributed by atoms with Gasteiger partial charge in [-0.3, -0.25) is 14.6 Å². The third kappa shape index (κ3) is 5.74. The minimum absolute atomic E-state index is 0.0125. The lowest BCUT2D eigenvalue weighted by atomic mass is 9.86. The maximum Gasteiger partial charge on any atom is 0.359 e. The van der Waals surface area contributed by atoms with Gasteiger partial charge >= 0.3 is 5.97 Å². The van der Waals surface area contributed by atoms with E-state index in [1.165, 1.54) is 12.1 Å². The van der Waals surface area contributed by atoms with Crippen LogP contribution in [0, 0.1) is 19.8 Å². The molecule has 0 aliphatic carbocycles. The Labute approximate surface area is 219 Å². The molecule has 2 aromatic heterocycles. The molecule has 3 fully saturated rings. The second-order valence-corrected chi connectivity index (χ2v) is 11.8. The number of carbonyl (C=O) groups is 1. The lowest BCUT2D eigenvalue weighted by molar-refractivity contribution is -0.0458. The summed E-state index contributed by atoms with van der Waals surface area (Å²) in [7, 11) is -4.02. The van der Waals surface area contributed by atoms with Crippen LogP contribution in [0.4, 0.5) is 0 Å². The second kappa shape index (κ2) is 10.3. The van der Waals surface area contributed by atoms with Gasteiger partial charge in [-0.05, 0) is 76.0 Å². The SMILES string of the molecule is Cc1ccc(S(=O)(=O)O)cc1.Cc1csc(-c2ccc3[nH]nc(C(=O)OC4CN5CCC4CC5)c3c2)n1. The zero-order valence-corrected chi connectivity index (χ0v) is 22.2. The zero-order chi connectivity index (χ0) is 26.2. The molecule has 1 unspecified atom stereocenters. The van der Waals surface area contributed by atoms with Gasteiger partial charge in [0.25, 0.3) is 10.1 Å². The standard InChI is InChI=1S/C19H20N4O2S.C7H8O3S/c1-11-10-26-18(20-11)13-2-3-15-14(8-13)17(22-21-15)19(24)25-16-9-23-6-4-12(16)5-7-23;1-6-2-4-7(5-3-6)11(8,9)10/h2-3,8,10,12,16H,4-7,9H2,1H3,(H,21,22);2-5H,1H3,(H,8,9,10). The number of hydrogen-bond donors (Lipinski definition) is 2. The number of aromatic nitrogens is 3. The van der Waals surface area contributed by atoms with Crippen molar-refractivity contribution in [2.45, 2.75) is 37.7 Å². The van der Waals surface area contributed by atoms with Crippen molar-refractivity contribution in [3.63, 3.8) is 0 Å². The molecule has 194 valence electrons. The first-order valence-electron chi connectivity index (χ1n) is 12.1. The Morgan fingerprint density at radius 1 is 1.14 bits per heavy atom. The van der Waals surface area contributed by atoms with Crippen molar-refractivity contribution in [3.05, 3.63) is 64.8 Å². The number of nitrogens with zero attached hydrogens (tertiary/aromatic N) is 3.